The van der Waals surface area contributed by atoms with E-state index in [0.29, 0.717) is 22.7 Å². The number of imide groups is 1. The van der Waals surface area contributed by atoms with Gasteiger partial charge in [-0.3, -0.25) is 9.59 Å². The number of hydrogen-bond donors (Lipinski definition) is 2. The Morgan fingerprint density at radius 1 is 1.10 bits per heavy atom. The van der Waals surface area contributed by atoms with Gasteiger partial charge in [-0.15, -0.1) is 0 Å². The van der Waals surface area contributed by atoms with Crippen molar-refractivity contribution in [3.63, 3.8) is 0 Å². The Hall–Kier alpha value is -3.81. The molecule has 150 valence electrons. The monoisotopic (exact) mass is 395 g/mol. The van der Waals surface area contributed by atoms with Crippen LogP contribution >= 0.6 is 0 Å². The first kappa shape index (κ1) is 19.9. The van der Waals surface area contributed by atoms with E-state index < -0.39 is 17.8 Å². The van der Waals surface area contributed by atoms with Crippen LogP contribution in [-0.2, 0) is 9.59 Å². The second-order valence-corrected chi connectivity index (χ2v) is 6.41. The van der Waals surface area contributed by atoms with Crippen molar-refractivity contribution in [3.05, 3.63) is 59.3 Å². The molecule has 2 aromatic carbocycles. The van der Waals surface area contributed by atoms with Gasteiger partial charge in [-0.25, -0.2) is 9.69 Å². The average Bonchev–Trinajstić information content (AvgIpc) is 2.95. The molecule has 1 heterocycles. The lowest BCUT2D eigenvalue weighted by molar-refractivity contribution is -0.127. The van der Waals surface area contributed by atoms with E-state index in [0.717, 1.165) is 10.5 Å². The normalized spacial score (nSPS) is 14.7. The maximum absolute atomic E-state index is 12.6. The van der Waals surface area contributed by atoms with Gasteiger partial charge in [0.15, 0.2) is 11.5 Å². The van der Waals surface area contributed by atoms with E-state index in [1.807, 2.05) is 19.1 Å². The van der Waals surface area contributed by atoms with Crippen LogP contribution in [0.25, 0.3) is 6.08 Å². The Bertz CT molecular complexity index is 1000. The fourth-order valence-corrected chi connectivity index (χ4v) is 2.89. The van der Waals surface area contributed by atoms with Gasteiger partial charge in [-0.2, -0.15) is 0 Å². The fraction of sp³-hybridized carbons (Fsp3) is 0.190. The molecule has 8 nitrogen and oxygen atoms in total. The molecule has 1 aliphatic heterocycles. The zero-order valence-electron chi connectivity index (χ0n) is 16.3. The molecule has 0 aromatic heterocycles. The first-order valence-electron chi connectivity index (χ1n) is 8.84. The molecule has 8 heteroatoms. The number of hydrogen-bond acceptors (Lipinski definition) is 5. The topological polar surface area (TPSA) is 97.0 Å². The number of amides is 4. The molecule has 2 aromatic rings. The highest BCUT2D eigenvalue weighted by molar-refractivity contribution is 6.15. The molecule has 0 spiro atoms. The summed E-state index contributed by atoms with van der Waals surface area (Å²) in [5.74, 6) is -0.00506. The van der Waals surface area contributed by atoms with Crippen LogP contribution in [0.5, 0.6) is 11.5 Å². The van der Waals surface area contributed by atoms with Crippen molar-refractivity contribution in [2.45, 2.75) is 6.92 Å². The van der Waals surface area contributed by atoms with Gasteiger partial charge >= 0.3 is 6.03 Å². The number of nitrogens with one attached hydrogen (secondary N) is 2. The van der Waals surface area contributed by atoms with Crippen molar-refractivity contribution in [1.29, 1.82) is 0 Å². The van der Waals surface area contributed by atoms with Crippen LogP contribution in [-0.4, -0.2) is 43.5 Å². The predicted molar refractivity (Wildman–Crippen MR) is 108 cm³/mol. The lowest BCUT2D eigenvalue weighted by Gasteiger charge is -2.12. The minimum atomic E-state index is -0.652. The Kier molecular flexibility index (Phi) is 5.82. The zero-order chi connectivity index (χ0) is 21.0. The lowest BCUT2D eigenvalue weighted by atomic mass is 10.1. The Morgan fingerprint density at radius 3 is 2.55 bits per heavy atom. The number of methoxy groups -OCH3 is 2. The van der Waals surface area contributed by atoms with E-state index in [1.54, 1.807) is 30.3 Å². The largest absolute Gasteiger partial charge is 0.493 e. The van der Waals surface area contributed by atoms with E-state index in [1.165, 1.54) is 20.3 Å². The van der Waals surface area contributed by atoms with E-state index in [4.69, 9.17) is 9.47 Å². The van der Waals surface area contributed by atoms with Gasteiger partial charge in [-0.1, -0.05) is 18.2 Å². The summed E-state index contributed by atoms with van der Waals surface area (Å²) >= 11 is 0. The maximum Gasteiger partial charge on any atom is 0.329 e. The van der Waals surface area contributed by atoms with Crippen molar-refractivity contribution >= 4 is 29.6 Å². The maximum atomic E-state index is 12.6. The molecule has 3 rings (SSSR count). The highest BCUT2D eigenvalue weighted by Crippen LogP contribution is 2.28. The molecule has 1 aliphatic rings. The summed E-state index contributed by atoms with van der Waals surface area (Å²) in [7, 11) is 3.03. The Labute approximate surface area is 168 Å². The van der Waals surface area contributed by atoms with Gasteiger partial charge in [-0.05, 0) is 48.4 Å². The molecular formula is C21H21N3O5. The summed E-state index contributed by atoms with van der Waals surface area (Å²) < 4.78 is 10.4. The molecule has 1 saturated heterocycles. The summed E-state index contributed by atoms with van der Waals surface area (Å²) in [5, 5.41) is 5.17. The van der Waals surface area contributed by atoms with E-state index in [-0.39, 0.29) is 12.2 Å². The number of benzene rings is 2. The van der Waals surface area contributed by atoms with Crippen LogP contribution in [0.1, 0.15) is 11.1 Å². The number of aryl methyl sites for hydroxylation is 1. The number of urea groups is 1. The van der Waals surface area contributed by atoms with Crippen LogP contribution in [0.15, 0.2) is 48.2 Å². The molecule has 0 saturated carbocycles. The third kappa shape index (κ3) is 4.55. The summed E-state index contributed by atoms with van der Waals surface area (Å²) in [6.07, 6.45) is 1.51. The molecule has 4 amide bonds. The fourth-order valence-electron chi connectivity index (χ4n) is 2.89. The number of anilines is 1. The molecule has 29 heavy (non-hydrogen) atoms. The van der Waals surface area contributed by atoms with E-state index in [9.17, 15) is 14.4 Å². The lowest BCUT2D eigenvalue weighted by Crippen LogP contribution is -2.38. The van der Waals surface area contributed by atoms with Gasteiger partial charge in [0.05, 0.1) is 14.2 Å². The molecule has 1 fully saturated rings. The van der Waals surface area contributed by atoms with Gasteiger partial charge < -0.3 is 20.1 Å². The van der Waals surface area contributed by atoms with Crippen molar-refractivity contribution < 1.29 is 23.9 Å². The van der Waals surface area contributed by atoms with Crippen LogP contribution < -0.4 is 20.1 Å². The zero-order valence-corrected chi connectivity index (χ0v) is 16.3. The van der Waals surface area contributed by atoms with Crippen LogP contribution in [0.4, 0.5) is 10.5 Å². The third-order valence-electron chi connectivity index (χ3n) is 4.28. The van der Waals surface area contributed by atoms with Crippen molar-refractivity contribution in [1.82, 2.24) is 10.2 Å². The number of carbonyl (C=O) groups is 3. The SMILES string of the molecule is COc1ccc(/C=C2\NC(=O)N(CC(=O)Nc3cccc(C)c3)C2=O)cc1OC. The van der Waals surface area contributed by atoms with Gasteiger partial charge in [0.1, 0.15) is 12.2 Å². The highest BCUT2D eigenvalue weighted by Gasteiger charge is 2.34. The second-order valence-electron chi connectivity index (χ2n) is 6.41. The summed E-state index contributed by atoms with van der Waals surface area (Å²) in [6, 6.07) is 11.7. The van der Waals surface area contributed by atoms with Gasteiger partial charge in [0.2, 0.25) is 5.91 Å². The average molecular weight is 395 g/mol. The number of ether oxygens (including phenoxy) is 2. The van der Waals surface area contributed by atoms with E-state index >= 15 is 0 Å². The first-order valence-corrected chi connectivity index (χ1v) is 8.84. The smallest absolute Gasteiger partial charge is 0.329 e. The molecule has 0 unspecified atom stereocenters. The van der Waals surface area contributed by atoms with Gasteiger partial charge in [0, 0.05) is 5.69 Å². The number of rotatable bonds is 6. The summed E-state index contributed by atoms with van der Waals surface area (Å²) in [4.78, 5) is 37.9. The molecular weight excluding hydrogens is 374 g/mol. The molecule has 0 aliphatic carbocycles. The number of nitrogens with zero attached hydrogens (tertiary/aromatic N) is 1. The van der Waals surface area contributed by atoms with Crippen molar-refractivity contribution in [3.8, 4) is 11.5 Å². The standard InChI is InChI=1S/C21H21N3O5/c1-13-5-4-6-15(9-13)22-19(25)12-24-20(26)16(23-21(24)27)10-14-7-8-17(28-2)18(11-14)29-3/h4-11H,12H2,1-3H3,(H,22,25)(H,23,27)/b16-10-. The van der Waals surface area contributed by atoms with E-state index in [2.05, 4.69) is 10.6 Å². The predicted octanol–water partition coefficient (Wildman–Crippen LogP) is 2.54. The molecule has 0 bridgehead atoms. The quantitative estimate of drug-likeness (QED) is 0.579. The van der Waals surface area contributed by atoms with Crippen LogP contribution in [0.2, 0.25) is 0 Å². The minimum absolute atomic E-state index is 0.0746. The van der Waals surface area contributed by atoms with Crippen molar-refractivity contribution in [2.75, 3.05) is 26.1 Å². The van der Waals surface area contributed by atoms with Crippen LogP contribution in [0.3, 0.4) is 0 Å². The van der Waals surface area contributed by atoms with Crippen LogP contribution in [0, 0.1) is 6.92 Å². The molecule has 2 N–H and O–H groups in total. The van der Waals surface area contributed by atoms with Crippen molar-refractivity contribution in [2.24, 2.45) is 0 Å². The van der Waals surface area contributed by atoms with Gasteiger partial charge in [0.25, 0.3) is 5.91 Å². The Balaban J connectivity index is 1.72. The summed E-state index contributed by atoms with van der Waals surface area (Å²) in [5.41, 5.74) is 2.30. The first-order chi connectivity index (χ1) is 13.9. The highest BCUT2D eigenvalue weighted by atomic mass is 16.5. The Morgan fingerprint density at radius 2 is 1.86 bits per heavy atom. The number of carbonyl (C=O) groups excluding carboxylic acids is 3. The minimum Gasteiger partial charge on any atom is -0.493 e. The molecule has 0 radical (unpaired) electrons. The second kappa shape index (κ2) is 8.47. The third-order valence-corrected chi connectivity index (χ3v) is 4.28. The summed E-state index contributed by atoms with van der Waals surface area (Å²) in [6.45, 7) is 1.51. The molecule has 0 atom stereocenters.